The molecule has 0 spiro atoms. The quantitative estimate of drug-likeness (QED) is 0.893. The summed E-state index contributed by atoms with van der Waals surface area (Å²) in [5, 5.41) is 3.79. The summed E-state index contributed by atoms with van der Waals surface area (Å²) in [6.45, 7) is 6.73. The second-order valence-electron chi connectivity index (χ2n) is 6.88. The van der Waals surface area contributed by atoms with E-state index in [4.69, 9.17) is 4.74 Å². The van der Waals surface area contributed by atoms with Crippen LogP contribution < -0.4 is 10.1 Å². The lowest BCUT2D eigenvalue weighted by Crippen LogP contribution is -2.33. The number of hydrogen-bond donors (Lipinski definition) is 1. The molecule has 1 aromatic carbocycles. The molecule has 0 amide bonds. The lowest BCUT2D eigenvalue weighted by Gasteiger charge is -2.27. The van der Waals surface area contributed by atoms with Crippen molar-refractivity contribution < 1.29 is 4.74 Å². The molecule has 2 aliphatic rings. The Morgan fingerprint density at radius 2 is 2.11 bits per heavy atom. The highest BCUT2D eigenvalue weighted by Crippen LogP contribution is 2.38. The fraction of sp³-hybridized carbons (Fsp3) is 0.647. The zero-order valence-corrected chi connectivity index (χ0v) is 12.1. The van der Waals surface area contributed by atoms with Crippen LogP contribution in [0.3, 0.4) is 0 Å². The maximum absolute atomic E-state index is 5.73. The molecular formula is C17H25NO. The zero-order valence-electron chi connectivity index (χ0n) is 12.1. The molecule has 2 unspecified atom stereocenters. The van der Waals surface area contributed by atoms with Crippen LogP contribution in [0.25, 0.3) is 0 Å². The van der Waals surface area contributed by atoms with Gasteiger partial charge in [-0.05, 0) is 42.7 Å². The molecule has 19 heavy (non-hydrogen) atoms. The van der Waals surface area contributed by atoms with Crippen molar-refractivity contribution >= 4 is 0 Å². The molecule has 1 heterocycles. The standard InChI is InChI=1S/C17H25NO/c1-17(2)9-7-14(11-17)18-12-13-8-10-19-16-6-4-3-5-15(13)16/h3-6,13-14,18H,7-12H2,1-2H3. The van der Waals surface area contributed by atoms with E-state index < -0.39 is 0 Å². The SMILES string of the molecule is CC1(C)CCC(NCC2CCOc3ccccc32)C1. The molecule has 1 N–H and O–H groups in total. The minimum Gasteiger partial charge on any atom is -0.493 e. The Labute approximate surface area is 116 Å². The van der Waals surface area contributed by atoms with Gasteiger partial charge in [0.05, 0.1) is 6.61 Å². The van der Waals surface area contributed by atoms with Crippen molar-refractivity contribution in [3.63, 3.8) is 0 Å². The molecule has 1 saturated carbocycles. The monoisotopic (exact) mass is 259 g/mol. The van der Waals surface area contributed by atoms with Crippen LogP contribution >= 0.6 is 0 Å². The molecule has 1 aliphatic heterocycles. The molecule has 0 aromatic heterocycles. The summed E-state index contributed by atoms with van der Waals surface area (Å²) < 4.78 is 5.73. The Morgan fingerprint density at radius 3 is 2.89 bits per heavy atom. The van der Waals surface area contributed by atoms with E-state index in [1.165, 1.54) is 24.8 Å². The molecule has 1 fully saturated rings. The van der Waals surface area contributed by atoms with Crippen molar-refractivity contribution in [2.24, 2.45) is 5.41 Å². The Kier molecular flexibility index (Phi) is 3.53. The Morgan fingerprint density at radius 1 is 1.26 bits per heavy atom. The van der Waals surface area contributed by atoms with E-state index in [-0.39, 0.29) is 0 Å². The summed E-state index contributed by atoms with van der Waals surface area (Å²) in [4.78, 5) is 0. The fourth-order valence-electron chi connectivity index (χ4n) is 3.55. The number of rotatable bonds is 3. The van der Waals surface area contributed by atoms with Crippen LogP contribution in [0.4, 0.5) is 0 Å². The molecule has 2 nitrogen and oxygen atoms in total. The predicted octanol–water partition coefficient (Wildman–Crippen LogP) is 3.72. The van der Waals surface area contributed by atoms with Gasteiger partial charge in [-0.2, -0.15) is 0 Å². The minimum atomic E-state index is 0.533. The van der Waals surface area contributed by atoms with Gasteiger partial charge < -0.3 is 10.1 Å². The largest absolute Gasteiger partial charge is 0.493 e. The van der Waals surface area contributed by atoms with Crippen LogP contribution in [0.5, 0.6) is 5.75 Å². The first-order chi connectivity index (χ1) is 9.14. The predicted molar refractivity (Wildman–Crippen MR) is 78.7 cm³/mol. The first kappa shape index (κ1) is 13.0. The third-order valence-electron chi connectivity index (χ3n) is 4.70. The molecule has 2 atom stereocenters. The summed E-state index contributed by atoms with van der Waals surface area (Å²) in [6.07, 6.45) is 5.14. The smallest absolute Gasteiger partial charge is 0.122 e. The summed E-state index contributed by atoms with van der Waals surface area (Å²) in [5.41, 5.74) is 1.92. The second-order valence-corrected chi connectivity index (χ2v) is 6.88. The van der Waals surface area contributed by atoms with Gasteiger partial charge in [0.15, 0.2) is 0 Å². The normalized spacial score (nSPS) is 28.7. The van der Waals surface area contributed by atoms with Crippen LogP contribution in [0.2, 0.25) is 0 Å². The van der Waals surface area contributed by atoms with Crippen LogP contribution in [-0.4, -0.2) is 19.2 Å². The average molecular weight is 259 g/mol. The van der Waals surface area contributed by atoms with Gasteiger partial charge in [0.1, 0.15) is 5.75 Å². The number of fused-ring (bicyclic) bond motifs is 1. The first-order valence-electron chi connectivity index (χ1n) is 7.59. The van der Waals surface area contributed by atoms with Crippen molar-refractivity contribution in [2.75, 3.05) is 13.2 Å². The molecule has 0 saturated heterocycles. The van der Waals surface area contributed by atoms with Gasteiger partial charge in [0.25, 0.3) is 0 Å². The maximum Gasteiger partial charge on any atom is 0.122 e. The highest BCUT2D eigenvalue weighted by atomic mass is 16.5. The van der Waals surface area contributed by atoms with E-state index in [9.17, 15) is 0 Å². The Balaban J connectivity index is 1.60. The zero-order chi connectivity index (χ0) is 13.3. The molecular weight excluding hydrogens is 234 g/mol. The van der Waals surface area contributed by atoms with Crippen LogP contribution in [0.1, 0.15) is 51.0 Å². The topological polar surface area (TPSA) is 21.3 Å². The third kappa shape index (κ3) is 2.94. The van der Waals surface area contributed by atoms with Crippen molar-refractivity contribution in [3.8, 4) is 5.75 Å². The van der Waals surface area contributed by atoms with Crippen LogP contribution in [0, 0.1) is 5.41 Å². The summed E-state index contributed by atoms with van der Waals surface area (Å²) in [6, 6.07) is 9.22. The number of ether oxygens (including phenoxy) is 1. The molecule has 3 rings (SSSR count). The van der Waals surface area contributed by atoms with Crippen molar-refractivity contribution in [3.05, 3.63) is 29.8 Å². The second kappa shape index (κ2) is 5.16. The molecule has 0 bridgehead atoms. The summed E-state index contributed by atoms with van der Waals surface area (Å²) in [7, 11) is 0. The van der Waals surface area contributed by atoms with Crippen molar-refractivity contribution in [2.45, 2.75) is 51.5 Å². The third-order valence-corrected chi connectivity index (χ3v) is 4.70. The van der Waals surface area contributed by atoms with Gasteiger partial charge in [-0.25, -0.2) is 0 Å². The van der Waals surface area contributed by atoms with E-state index in [0.29, 0.717) is 17.4 Å². The van der Waals surface area contributed by atoms with Crippen LogP contribution in [-0.2, 0) is 0 Å². The fourth-order valence-corrected chi connectivity index (χ4v) is 3.55. The molecule has 1 aliphatic carbocycles. The summed E-state index contributed by atoms with van der Waals surface area (Å²) >= 11 is 0. The van der Waals surface area contributed by atoms with Crippen molar-refractivity contribution in [1.29, 1.82) is 0 Å². The van der Waals surface area contributed by atoms with E-state index >= 15 is 0 Å². The van der Waals surface area contributed by atoms with E-state index in [2.05, 4.69) is 43.4 Å². The highest BCUT2D eigenvalue weighted by molar-refractivity contribution is 5.37. The first-order valence-corrected chi connectivity index (χ1v) is 7.59. The van der Waals surface area contributed by atoms with E-state index in [0.717, 1.165) is 25.3 Å². The van der Waals surface area contributed by atoms with Gasteiger partial charge in [-0.15, -0.1) is 0 Å². The lowest BCUT2D eigenvalue weighted by atomic mass is 9.91. The van der Waals surface area contributed by atoms with E-state index in [1.54, 1.807) is 0 Å². The molecule has 104 valence electrons. The van der Waals surface area contributed by atoms with Gasteiger partial charge in [0.2, 0.25) is 0 Å². The van der Waals surface area contributed by atoms with E-state index in [1.807, 2.05) is 0 Å². The van der Waals surface area contributed by atoms with Gasteiger partial charge in [-0.1, -0.05) is 32.0 Å². The number of hydrogen-bond acceptors (Lipinski definition) is 2. The highest BCUT2D eigenvalue weighted by Gasteiger charge is 2.31. The molecule has 0 radical (unpaired) electrons. The molecule has 1 aromatic rings. The Hall–Kier alpha value is -1.02. The van der Waals surface area contributed by atoms with Gasteiger partial charge in [0, 0.05) is 18.5 Å². The number of benzene rings is 1. The maximum atomic E-state index is 5.73. The lowest BCUT2D eigenvalue weighted by molar-refractivity contribution is 0.261. The van der Waals surface area contributed by atoms with Crippen LogP contribution in [0.15, 0.2) is 24.3 Å². The number of nitrogens with one attached hydrogen (secondary N) is 1. The summed E-state index contributed by atoms with van der Waals surface area (Å²) in [5.74, 6) is 1.71. The average Bonchev–Trinajstić information content (AvgIpc) is 2.76. The van der Waals surface area contributed by atoms with Gasteiger partial charge in [-0.3, -0.25) is 0 Å². The molecule has 2 heteroatoms. The minimum absolute atomic E-state index is 0.533. The Bertz CT molecular complexity index is 441. The van der Waals surface area contributed by atoms with Crippen molar-refractivity contribution in [1.82, 2.24) is 5.32 Å². The number of para-hydroxylation sites is 1. The van der Waals surface area contributed by atoms with Gasteiger partial charge >= 0.3 is 0 Å².